The second-order valence-corrected chi connectivity index (χ2v) is 11.9. The fourth-order valence-corrected chi connectivity index (χ4v) is 3.64. The van der Waals surface area contributed by atoms with Crippen molar-refractivity contribution in [2.75, 3.05) is 6.54 Å². The van der Waals surface area contributed by atoms with Gasteiger partial charge in [0.1, 0.15) is 11.6 Å². The van der Waals surface area contributed by atoms with Crippen LogP contribution in [0.5, 0.6) is 0 Å². The van der Waals surface area contributed by atoms with E-state index in [1.165, 1.54) is 4.90 Å². The molecule has 0 radical (unpaired) electrons. The summed E-state index contributed by atoms with van der Waals surface area (Å²) >= 11 is 5.30. The van der Waals surface area contributed by atoms with Crippen LogP contribution >= 0.6 is 12.2 Å². The fraction of sp³-hybridized carbons (Fsp3) is 0.846. The van der Waals surface area contributed by atoms with Crippen LogP contribution in [-0.2, 0) is 9.16 Å². The van der Waals surface area contributed by atoms with Gasteiger partial charge in [0.05, 0.1) is 12.6 Å². The summed E-state index contributed by atoms with van der Waals surface area (Å²) in [5.74, 6) is 0. The summed E-state index contributed by atoms with van der Waals surface area (Å²) in [5, 5.41) is 10.2. The van der Waals surface area contributed by atoms with Crippen molar-refractivity contribution >= 4 is 31.7 Å². The van der Waals surface area contributed by atoms with E-state index >= 15 is 0 Å². The summed E-state index contributed by atoms with van der Waals surface area (Å²) in [6.07, 6.45) is -0.640. The van der Waals surface area contributed by atoms with Crippen LogP contribution in [0.4, 0.5) is 4.79 Å². The van der Waals surface area contributed by atoms with E-state index in [0.717, 1.165) is 0 Å². The number of hydrogen-bond acceptors (Lipinski definition) is 5. The maximum atomic E-state index is 12.2. The Balaban J connectivity index is 2.78. The van der Waals surface area contributed by atoms with E-state index in [2.05, 4.69) is 0 Å². The van der Waals surface area contributed by atoms with Crippen LogP contribution in [0.15, 0.2) is 0 Å². The van der Waals surface area contributed by atoms with Crippen molar-refractivity contribution in [2.24, 2.45) is 0 Å². The molecule has 1 aliphatic heterocycles. The van der Waals surface area contributed by atoms with E-state index in [0.29, 0.717) is 11.5 Å². The highest BCUT2D eigenvalue weighted by molar-refractivity contribution is 7.80. The van der Waals surface area contributed by atoms with Gasteiger partial charge in [-0.2, -0.15) is 0 Å². The van der Waals surface area contributed by atoms with Gasteiger partial charge in [0, 0.05) is 6.42 Å². The topological polar surface area (TPSA) is 59.0 Å². The summed E-state index contributed by atoms with van der Waals surface area (Å²) in [7, 11) is -1.82. The smallest absolute Gasteiger partial charge is 0.411 e. The molecule has 1 rings (SSSR count). The number of likely N-dealkylation sites (tertiary alicyclic amines) is 1. The lowest BCUT2D eigenvalue weighted by Gasteiger charge is -2.30. The third-order valence-corrected chi connectivity index (χ3v) is 3.92. The minimum Gasteiger partial charge on any atom is -0.538 e. The molecule has 0 saturated carbocycles. The molecule has 1 amide bonds. The lowest BCUT2D eigenvalue weighted by molar-refractivity contribution is 0.0238. The first-order valence-electron chi connectivity index (χ1n) is 6.79. The summed E-state index contributed by atoms with van der Waals surface area (Å²) in [6.45, 7) is 11.7. The van der Waals surface area contributed by atoms with Crippen LogP contribution < -0.4 is 0 Å². The van der Waals surface area contributed by atoms with Crippen LogP contribution in [0.1, 0.15) is 27.2 Å². The zero-order valence-electron chi connectivity index (χ0n) is 13.1. The van der Waals surface area contributed by atoms with Crippen molar-refractivity contribution in [1.29, 1.82) is 0 Å². The number of carbonyl (C=O) groups excluding carboxylic acids is 1. The molecule has 1 heterocycles. The predicted molar refractivity (Wildman–Crippen MR) is 84.4 cm³/mol. The molecule has 7 heteroatoms. The Morgan fingerprint density at radius 3 is 2.35 bits per heavy atom. The lowest BCUT2D eigenvalue weighted by Crippen LogP contribution is -2.45. The molecular weight excluding hydrogens is 294 g/mol. The van der Waals surface area contributed by atoms with Crippen LogP contribution in [0.25, 0.3) is 0 Å². The Kier molecular flexibility index (Phi) is 5.21. The Morgan fingerprint density at radius 1 is 1.35 bits per heavy atom. The number of β-amino-alcohol motifs (C(OH)–C–C–N with tert-alkyl or cyclic N) is 1. The minimum atomic E-state index is -1.82. The SMILES string of the molecule is CC(C)(C)OC(=O)N1C[C@H](O)C[C@H]1C(=S)O[Si](C)(C)C. The molecule has 0 aliphatic carbocycles. The van der Waals surface area contributed by atoms with Crippen molar-refractivity contribution < 1.29 is 19.1 Å². The van der Waals surface area contributed by atoms with Gasteiger partial charge in [-0.1, -0.05) is 0 Å². The largest absolute Gasteiger partial charge is 0.538 e. The number of carbonyl (C=O) groups is 1. The predicted octanol–water partition coefficient (Wildman–Crippen LogP) is 2.54. The summed E-state index contributed by atoms with van der Waals surface area (Å²) in [6, 6.07) is -0.387. The van der Waals surface area contributed by atoms with E-state index in [-0.39, 0.29) is 12.6 Å². The monoisotopic (exact) mass is 319 g/mol. The molecule has 1 N–H and O–H groups in total. The normalized spacial score (nSPS) is 23.6. The van der Waals surface area contributed by atoms with Gasteiger partial charge in [-0.3, -0.25) is 4.90 Å². The molecule has 20 heavy (non-hydrogen) atoms. The van der Waals surface area contributed by atoms with Gasteiger partial charge in [0.15, 0.2) is 5.05 Å². The number of aliphatic hydroxyl groups is 1. The van der Waals surface area contributed by atoms with Crippen LogP contribution in [0, 0.1) is 0 Å². The zero-order chi connectivity index (χ0) is 15.7. The van der Waals surface area contributed by atoms with Gasteiger partial charge >= 0.3 is 6.09 Å². The van der Waals surface area contributed by atoms with Crippen LogP contribution in [0.2, 0.25) is 19.6 Å². The maximum absolute atomic E-state index is 12.2. The summed E-state index contributed by atoms with van der Waals surface area (Å²) < 4.78 is 11.1. The Labute approximate surface area is 127 Å². The van der Waals surface area contributed by atoms with Gasteiger partial charge in [-0.15, -0.1) is 0 Å². The maximum Gasteiger partial charge on any atom is 0.411 e. The van der Waals surface area contributed by atoms with E-state index in [4.69, 9.17) is 21.4 Å². The van der Waals surface area contributed by atoms with E-state index in [1.54, 1.807) is 0 Å². The first kappa shape index (κ1) is 17.4. The van der Waals surface area contributed by atoms with Crippen LogP contribution in [0.3, 0.4) is 0 Å². The molecule has 0 spiro atoms. The first-order chi connectivity index (χ1) is 8.89. The van der Waals surface area contributed by atoms with Crippen molar-refractivity contribution in [1.82, 2.24) is 4.90 Å². The number of nitrogens with zero attached hydrogens (tertiary/aromatic N) is 1. The van der Waals surface area contributed by atoms with Crippen molar-refractivity contribution in [3.8, 4) is 0 Å². The van der Waals surface area contributed by atoms with E-state index < -0.39 is 26.1 Å². The highest BCUT2D eigenvalue weighted by Gasteiger charge is 2.40. The molecule has 2 atom stereocenters. The Hall–Kier alpha value is -0.663. The second kappa shape index (κ2) is 5.99. The third kappa shape index (κ3) is 5.38. The molecule has 0 aromatic rings. The number of hydrogen-bond donors (Lipinski definition) is 1. The summed E-state index contributed by atoms with van der Waals surface area (Å²) in [5.41, 5.74) is -0.573. The van der Waals surface area contributed by atoms with Gasteiger partial charge in [-0.25, -0.2) is 4.79 Å². The highest BCUT2D eigenvalue weighted by Crippen LogP contribution is 2.24. The van der Waals surface area contributed by atoms with Gasteiger partial charge in [-0.05, 0) is 52.6 Å². The molecule has 116 valence electrons. The Morgan fingerprint density at radius 2 is 1.90 bits per heavy atom. The number of thiocarbonyl (C=S) groups is 1. The van der Waals surface area contributed by atoms with Crippen molar-refractivity contribution in [3.05, 3.63) is 0 Å². The number of amides is 1. The van der Waals surface area contributed by atoms with Crippen molar-refractivity contribution in [3.63, 3.8) is 0 Å². The van der Waals surface area contributed by atoms with Gasteiger partial charge in [0.2, 0.25) is 8.32 Å². The number of rotatable bonds is 2. The molecule has 1 saturated heterocycles. The van der Waals surface area contributed by atoms with Crippen molar-refractivity contribution in [2.45, 2.75) is 64.6 Å². The fourth-order valence-electron chi connectivity index (χ4n) is 1.93. The standard InChI is InChI=1S/C13H25NO4SSi/c1-13(2,3)17-12(16)14-8-9(15)7-10(14)11(19)18-20(4,5)6/h9-10,15H,7-8H2,1-6H3/t9-,10+/m1/s1. The van der Waals surface area contributed by atoms with Gasteiger partial charge in [0.25, 0.3) is 0 Å². The Bertz CT molecular complexity index is 353. The summed E-state index contributed by atoms with van der Waals surface area (Å²) in [4.78, 5) is 13.6. The van der Waals surface area contributed by atoms with Crippen LogP contribution in [-0.4, -0.2) is 53.8 Å². The molecule has 0 bridgehead atoms. The molecule has 0 unspecified atom stereocenters. The van der Waals surface area contributed by atoms with E-state index in [1.807, 2.05) is 40.4 Å². The second-order valence-electron chi connectivity index (χ2n) is 7.07. The number of aliphatic hydroxyl groups excluding tert-OH is 1. The average molecular weight is 319 g/mol. The molecule has 5 nitrogen and oxygen atoms in total. The third-order valence-electron chi connectivity index (χ3n) is 2.59. The first-order valence-corrected chi connectivity index (χ1v) is 10.6. The number of ether oxygens (including phenoxy) is 1. The molecule has 1 aliphatic rings. The van der Waals surface area contributed by atoms with Gasteiger partial charge < -0.3 is 14.3 Å². The molecule has 1 fully saturated rings. The quantitative estimate of drug-likeness (QED) is 0.626. The highest BCUT2D eigenvalue weighted by atomic mass is 32.1. The average Bonchev–Trinajstić information content (AvgIpc) is 2.55. The lowest BCUT2D eigenvalue weighted by atomic mass is 10.2. The molecular formula is C13H25NO4SSi. The minimum absolute atomic E-state index is 0.231. The zero-order valence-corrected chi connectivity index (χ0v) is 14.9. The molecule has 0 aromatic carbocycles. The molecule has 0 aromatic heterocycles. The van der Waals surface area contributed by atoms with E-state index in [9.17, 15) is 9.90 Å².